The number of unbranched alkanes of at least 4 members (excludes halogenated alkanes) is 1. The van der Waals surface area contributed by atoms with Gasteiger partial charge in [-0.3, -0.25) is 9.63 Å². The van der Waals surface area contributed by atoms with E-state index in [0.29, 0.717) is 17.9 Å². The lowest BCUT2D eigenvalue weighted by Crippen LogP contribution is -2.31. The van der Waals surface area contributed by atoms with Gasteiger partial charge in [0, 0.05) is 30.8 Å². The first-order valence-corrected chi connectivity index (χ1v) is 10.5. The molecule has 0 spiro atoms. The SMILES string of the molecule is CCCc1nc2c(N)nc(C)c(C)c2n1CCCCN(OC)C(=O)c1ccccc1. The second-order valence-corrected chi connectivity index (χ2v) is 7.50. The van der Waals surface area contributed by atoms with Crippen molar-refractivity contribution in [3.05, 3.63) is 53.0 Å². The van der Waals surface area contributed by atoms with Crippen LogP contribution in [-0.4, -0.2) is 39.2 Å². The minimum absolute atomic E-state index is 0.122. The Morgan fingerprint density at radius 2 is 1.90 bits per heavy atom. The van der Waals surface area contributed by atoms with Crippen LogP contribution in [0, 0.1) is 13.8 Å². The van der Waals surface area contributed by atoms with E-state index in [2.05, 4.69) is 23.4 Å². The topological polar surface area (TPSA) is 86.3 Å². The number of amides is 1. The molecule has 0 aliphatic rings. The summed E-state index contributed by atoms with van der Waals surface area (Å²) in [5.41, 5.74) is 10.7. The van der Waals surface area contributed by atoms with Gasteiger partial charge in [-0.2, -0.15) is 0 Å². The lowest BCUT2D eigenvalue weighted by molar-refractivity contribution is -0.0957. The van der Waals surface area contributed by atoms with Crippen LogP contribution < -0.4 is 5.73 Å². The molecule has 0 atom stereocenters. The van der Waals surface area contributed by atoms with Gasteiger partial charge in [0.05, 0.1) is 12.6 Å². The number of hydrogen-bond donors (Lipinski definition) is 1. The largest absolute Gasteiger partial charge is 0.382 e. The molecule has 0 aliphatic heterocycles. The maximum Gasteiger partial charge on any atom is 0.277 e. The fourth-order valence-corrected chi connectivity index (χ4v) is 3.73. The lowest BCUT2D eigenvalue weighted by atomic mass is 10.2. The molecule has 30 heavy (non-hydrogen) atoms. The number of aryl methyl sites for hydroxylation is 4. The molecule has 0 unspecified atom stereocenters. The zero-order chi connectivity index (χ0) is 21.7. The number of nitrogens with two attached hydrogens (primary N) is 1. The Balaban J connectivity index is 1.72. The maximum atomic E-state index is 12.6. The van der Waals surface area contributed by atoms with E-state index in [1.54, 1.807) is 12.1 Å². The average Bonchev–Trinajstić information content (AvgIpc) is 3.11. The van der Waals surface area contributed by atoms with Gasteiger partial charge in [0.2, 0.25) is 0 Å². The number of rotatable bonds is 9. The minimum Gasteiger partial charge on any atom is -0.382 e. The molecule has 2 N–H and O–H groups in total. The molecule has 1 amide bonds. The predicted octanol–water partition coefficient (Wildman–Crippen LogP) is 4.07. The van der Waals surface area contributed by atoms with Gasteiger partial charge in [-0.05, 0) is 50.8 Å². The molecule has 2 aromatic heterocycles. The van der Waals surface area contributed by atoms with Crippen LogP contribution in [0.4, 0.5) is 5.82 Å². The van der Waals surface area contributed by atoms with Crippen LogP contribution >= 0.6 is 0 Å². The van der Waals surface area contributed by atoms with Crippen LogP contribution in [0.5, 0.6) is 0 Å². The van der Waals surface area contributed by atoms with Crippen LogP contribution in [0.25, 0.3) is 11.0 Å². The number of nitrogens with zero attached hydrogens (tertiary/aromatic N) is 4. The van der Waals surface area contributed by atoms with Gasteiger partial charge in [0.25, 0.3) is 5.91 Å². The van der Waals surface area contributed by atoms with Crippen molar-refractivity contribution >= 4 is 22.8 Å². The first-order valence-electron chi connectivity index (χ1n) is 10.5. The quantitative estimate of drug-likeness (QED) is 0.425. The van der Waals surface area contributed by atoms with Gasteiger partial charge < -0.3 is 10.3 Å². The molecule has 3 aromatic rings. The van der Waals surface area contributed by atoms with E-state index in [9.17, 15) is 4.79 Å². The standard InChI is InChI=1S/C23H31N5O2/c1-5-11-19-26-20-21(16(2)17(3)25-22(20)24)27(19)14-9-10-15-28(30-4)23(29)18-12-7-6-8-13-18/h6-8,12-13H,5,9-11,14-15H2,1-4H3,(H2,24,25). The second kappa shape index (κ2) is 9.71. The van der Waals surface area contributed by atoms with Crippen molar-refractivity contribution in [2.75, 3.05) is 19.4 Å². The zero-order valence-corrected chi connectivity index (χ0v) is 18.3. The number of pyridine rings is 1. The third-order valence-corrected chi connectivity index (χ3v) is 5.41. The highest BCUT2D eigenvalue weighted by Gasteiger charge is 2.18. The van der Waals surface area contributed by atoms with Gasteiger partial charge >= 0.3 is 0 Å². The summed E-state index contributed by atoms with van der Waals surface area (Å²) in [5, 5.41) is 1.42. The molecule has 0 radical (unpaired) electrons. The van der Waals surface area contributed by atoms with E-state index in [0.717, 1.165) is 60.3 Å². The first-order chi connectivity index (χ1) is 14.5. The number of carbonyl (C=O) groups is 1. The van der Waals surface area contributed by atoms with Gasteiger partial charge in [0.1, 0.15) is 11.3 Å². The Bertz CT molecular complexity index is 1010. The van der Waals surface area contributed by atoms with Crippen LogP contribution in [0.15, 0.2) is 30.3 Å². The third kappa shape index (κ3) is 4.46. The van der Waals surface area contributed by atoms with E-state index >= 15 is 0 Å². The molecule has 1 aromatic carbocycles. The number of nitrogen functional groups attached to an aromatic ring is 1. The van der Waals surface area contributed by atoms with Crippen molar-refractivity contribution in [3.63, 3.8) is 0 Å². The zero-order valence-electron chi connectivity index (χ0n) is 18.3. The number of hydrogen-bond acceptors (Lipinski definition) is 5. The summed E-state index contributed by atoms with van der Waals surface area (Å²) in [6, 6.07) is 9.19. The molecule has 0 fully saturated rings. The number of hydroxylamine groups is 2. The van der Waals surface area contributed by atoms with Crippen molar-refractivity contribution in [3.8, 4) is 0 Å². The van der Waals surface area contributed by atoms with E-state index in [1.807, 2.05) is 25.1 Å². The minimum atomic E-state index is -0.122. The number of aromatic nitrogens is 3. The Hall–Kier alpha value is -2.93. The molecule has 3 rings (SSSR count). The van der Waals surface area contributed by atoms with Crippen molar-refractivity contribution in [1.82, 2.24) is 19.6 Å². The fourth-order valence-electron chi connectivity index (χ4n) is 3.73. The predicted molar refractivity (Wildman–Crippen MR) is 119 cm³/mol. The van der Waals surface area contributed by atoms with Crippen molar-refractivity contribution in [1.29, 1.82) is 0 Å². The smallest absolute Gasteiger partial charge is 0.277 e. The molecular weight excluding hydrogens is 378 g/mol. The molecule has 0 bridgehead atoms. The van der Waals surface area contributed by atoms with E-state index in [-0.39, 0.29) is 5.91 Å². The Labute approximate surface area is 177 Å². The molecule has 2 heterocycles. The highest BCUT2D eigenvalue weighted by Crippen LogP contribution is 2.27. The number of imidazole rings is 1. The highest BCUT2D eigenvalue weighted by atomic mass is 16.7. The molecule has 0 aliphatic carbocycles. The van der Waals surface area contributed by atoms with Gasteiger partial charge in [-0.15, -0.1) is 0 Å². The van der Waals surface area contributed by atoms with Crippen LogP contribution in [0.1, 0.15) is 53.6 Å². The summed E-state index contributed by atoms with van der Waals surface area (Å²) in [6.07, 6.45) is 3.61. The third-order valence-electron chi connectivity index (χ3n) is 5.41. The van der Waals surface area contributed by atoms with Crippen LogP contribution in [-0.2, 0) is 17.8 Å². The van der Waals surface area contributed by atoms with Gasteiger partial charge in [-0.25, -0.2) is 15.0 Å². The van der Waals surface area contributed by atoms with Crippen LogP contribution in [0.3, 0.4) is 0 Å². The second-order valence-electron chi connectivity index (χ2n) is 7.50. The van der Waals surface area contributed by atoms with Gasteiger partial charge in [0.15, 0.2) is 5.82 Å². The number of anilines is 1. The summed E-state index contributed by atoms with van der Waals surface area (Å²) in [7, 11) is 1.53. The van der Waals surface area contributed by atoms with E-state index in [1.165, 1.54) is 12.2 Å². The monoisotopic (exact) mass is 409 g/mol. The molecule has 0 saturated carbocycles. The van der Waals surface area contributed by atoms with Crippen molar-refractivity contribution in [2.24, 2.45) is 0 Å². The lowest BCUT2D eigenvalue weighted by Gasteiger charge is -2.20. The molecule has 7 nitrogen and oxygen atoms in total. The highest BCUT2D eigenvalue weighted by molar-refractivity contribution is 5.93. The summed E-state index contributed by atoms with van der Waals surface area (Å²) < 4.78 is 2.27. The summed E-state index contributed by atoms with van der Waals surface area (Å²) in [4.78, 5) is 27.1. The molecule has 7 heteroatoms. The Morgan fingerprint density at radius 3 is 2.57 bits per heavy atom. The molecule has 0 saturated heterocycles. The van der Waals surface area contributed by atoms with E-state index < -0.39 is 0 Å². The van der Waals surface area contributed by atoms with Gasteiger partial charge in [-0.1, -0.05) is 25.1 Å². The van der Waals surface area contributed by atoms with Crippen molar-refractivity contribution in [2.45, 2.75) is 53.0 Å². The summed E-state index contributed by atoms with van der Waals surface area (Å²) in [6.45, 7) is 7.54. The van der Waals surface area contributed by atoms with Crippen molar-refractivity contribution < 1.29 is 9.63 Å². The summed E-state index contributed by atoms with van der Waals surface area (Å²) in [5.74, 6) is 1.41. The van der Waals surface area contributed by atoms with Crippen LogP contribution in [0.2, 0.25) is 0 Å². The normalized spacial score (nSPS) is 11.2. The molecular formula is C23H31N5O2. The number of carbonyl (C=O) groups excluding carboxylic acids is 1. The number of fused-ring (bicyclic) bond motifs is 1. The van der Waals surface area contributed by atoms with E-state index in [4.69, 9.17) is 15.6 Å². The first kappa shape index (κ1) is 21.8. The summed E-state index contributed by atoms with van der Waals surface area (Å²) >= 11 is 0. The maximum absolute atomic E-state index is 12.6. The Morgan fingerprint density at radius 1 is 1.17 bits per heavy atom. The number of benzene rings is 1. The Kier molecular flexibility index (Phi) is 7.05. The molecule has 160 valence electrons. The fraction of sp³-hybridized carbons (Fsp3) is 0.435. The average molecular weight is 410 g/mol.